The van der Waals surface area contributed by atoms with Crippen LogP contribution in [-0.2, 0) is 44.7 Å². The zero-order valence-corrected chi connectivity index (χ0v) is 47.7. The molecule has 3 aromatic carbocycles. The summed E-state index contributed by atoms with van der Waals surface area (Å²) in [5.74, 6) is -5.04. The van der Waals surface area contributed by atoms with E-state index in [0.29, 0.717) is 6.42 Å². The second kappa shape index (κ2) is 29.5. The van der Waals surface area contributed by atoms with E-state index >= 15 is 0 Å². The maximum absolute atomic E-state index is 14.7. The van der Waals surface area contributed by atoms with Crippen LogP contribution in [0, 0.1) is 5.41 Å². The molecule has 21 nitrogen and oxygen atoms in total. The lowest BCUT2D eigenvalue weighted by Gasteiger charge is -2.36. The van der Waals surface area contributed by atoms with Crippen molar-refractivity contribution in [2.45, 2.75) is 140 Å². The van der Waals surface area contributed by atoms with Gasteiger partial charge in [-0.2, -0.15) is 0 Å². The predicted octanol–water partition coefficient (Wildman–Crippen LogP) is 2.16. The van der Waals surface area contributed by atoms with Crippen LogP contribution in [0.2, 0.25) is 0 Å². The van der Waals surface area contributed by atoms with Crippen molar-refractivity contribution in [3.63, 3.8) is 0 Å². The quantitative estimate of drug-likeness (QED) is 0.0693. The Bertz CT molecular complexity index is 2640. The summed E-state index contributed by atoms with van der Waals surface area (Å²) in [4.78, 5) is 127. The zero-order valence-electron chi connectivity index (χ0n) is 46.1. The Morgan fingerprint density at radius 1 is 0.684 bits per heavy atom. The predicted molar refractivity (Wildman–Crippen MR) is 300 cm³/mol. The molecule has 2 fully saturated rings. The molecule has 2 aliphatic heterocycles. The fourth-order valence-electron chi connectivity index (χ4n) is 10.1. The van der Waals surface area contributed by atoms with E-state index in [-0.39, 0.29) is 86.7 Å². The lowest BCUT2D eigenvalue weighted by Crippen LogP contribution is -2.59. The molecule has 1 aliphatic carbocycles. The number of ether oxygens (including phenoxy) is 1. The Morgan fingerprint density at radius 2 is 1.27 bits per heavy atom. The van der Waals surface area contributed by atoms with Gasteiger partial charge in [0.2, 0.25) is 35.4 Å². The molecule has 0 bridgehead atoms. The first-order chi connectivity index (χ1) is 36.7. The van der Waals surface area contributed by atoms with Crippen molar-refractivity contribution in [2.75, 3.05) is 40.9 Å². The zero-order chi connectivity index (χ0) is 56.1. The van der Waals surface area contributed by atoms with E-state index in [1.165, 1.54) is 48.2 Å². The van der Waals surface area contributed by atoms with Gasteiger partial charge < -0.3 is 62.2 Å². The van der Waals surface area contributed by atoms with Gasteiger partial charge in [-0.1, -0.05) is 81.4 Å². The first kappa shape index (κ1) is 64.9. The minimum absolute atomic E-state index is 0. The number of benzene rings is 3. The third kappa shape index (κ3) is 16.7. The SMILES string of the molecule is CN[C@@H](C)C(=O)NC(C(=O)N1C[C@@H](NC(=O)c2cccc(C(=O)N[C@H]3C[C@@H](C(=O)N[C@H](C)c4ccccc4)N(C(=O)[C@H](CCC(=O)OC)NC(=O)[C@H](CO)NC)C3)c2)CC1C(=O)N[C@@H]1CCCc2ccccc21)C(C)(C)C.Cl.Cl. The molecular weight excluding hydrogens is 1060 g/mol. The van der Waals surface area contributed by atoms with Gasteiger partial charge >= 0.3 is 5.97 Å². The van der Waals surface area contributed by atoms with Crippen LogP contribution in [0.4, 0.5) is 0 Å². The van der Waals surface area contributed by atoms with Crippen LogP contribution in [0.1, 0.15) is 123 Å². The molecule has 2 saturated heterocycles. The molecule has 0 saturated carbocycles. The summed E-state index contributed by atoms with van der Waals surface area (Å²) in [5, 5.41) is 32.9. The second-order valence-electron chi connectivity index (χ2n) is 21.2. The molecule has 9 N–H and O–H groups in total. The van der Waals surface area contributed by atoms with Crippen LogP contribution in [-0.4, -0.2) is 157 Å². The Hall–Kier alpha value is -6.65. The number of nitrogens with one attached hydrogen (secondary N) is 8. The van der Waals surface area contributed by atoms with Crippen LogP contribution in [0.3, 0.4) is 0 Å². The summed E-state index contributed by atoms with van der Waals surface area (Å²) in [7, 11) is 4.28. The topological polar surface area (TPSA) is 286 Å². The number of hydrogen-bond acceptors (Lipinski definition) is 13. The molecule has 0 aromatic heterocycles. The largest absolute Gasteiger partial charge is 0.469 e. The number of nitrogens with zero attached hydrogens (tertiary/aromatic N) is 2. The average Bonchev–Trinajstić information content (AvgIpc) is 4.06. The lowest BCUT2D eigenvalue weighted by molar-refractivity contribution is -0.144. The van der Waals surface area contributed by atoms with Crippen molar-refractivity contribution >= 4 is 78.0 Å². The van der Waals surface area contributed by atoms with E-state index in [0.717, 1.165) is 29.5 Å². The highest BCUT2D eigenvalue weighted by atomic mass is 35.5. The third-order valence-corrected chi connectivity index (χ3v) is 14.7. The molecule has 79 heavy (non-hydrogen) atoms. The number of aliphatic hydroxyl groups excluding tert-OH is 1. The van der Waals surface area contributed by atoms with Crippen LogP contribution < -0.4 is 42.5 Å². The van der Waals surface area contributed by atoms with Gasteiger partial charge in [-0.05, 0) is 107 Å². The van der Waals surface area contributed by atoms with Gasteiger partial charge in [0.15, 0.2) is 0 Å². The summed E-state index contributed by atoms with van der Waals surface area (Å²) in [6.45, 7) is 8.13. The molecule has 2 heterocycles. The highest BCUT2D eigenvalue weighted by molar-refractivity contribution is 6.01. The number of fused-ring (bicyclic) bond motifs is 1. The van der Waals surface area contributed by atoms with Crippen molar-refractivity contribution in [2.24, 2.45) is 5.41 Å². The first-order valence-corrected chi connectivity index (χ1v) is 26.4. The average molecular weight is 1140 g/mol. The van der Waals surface area contributed by atoms with Crippen molar-refractivity contribution in [3.8, 4) is 0 Å². The lowest BCUT2D eigenvalue weighted by atomic mass is 9.85. The summed E-state index contributed by atoms with van der Waals surface area (Å²) < 4.78 is 4.79. The summed E-state index contributed by atoms with van der Waals surface area (Å²) >= 11 is 0. The fourth-order valence-corrected chi connectivity index (χ4v) is 10.1. The number of halogens is 2. The summed E-state index contributed by atoms with van der Waals surface area (Å²) in [5.41, 5.74) is 2.37. The number of likely N-dealkylation sites (tertiary alicyclic amines) is 2. The minimum atomic E-state index is -1.33. The van der Waals surface area contributed by atoms with Gasteiger partial charge in [0.25, 0.3) is 11.8 Å². The molecule has 0 radical (unpaired) electrons. The molecule has 23 heteroatoms. The second-order valence-corrected chi connectivity index (χ2v) is 21.2. The molecule has 432 valence electrons. The normalized spacial score (nSPS) is 20.4. The maximum Gasteiger partial charge on any atom is 0.305 e. The van der Waals surface area contributed by atoms with Crippen molar-refractivity contribution < 1.29 is 53.0 Å². The maximum atomic E-state index is 14.7. The van der Waals surface area contributed by atoms with Crippen molar-refractivity contribution in [3.05, 3.63) is 107 Å². The number of hydrogen-bond donors (Lipinski definition) is 9. The summed E-state index contributed by atoms with van der Waals surface area (Å²) in [6.07, 6.45) is 2.03. The van der Waals surface area contributed by atoms with Gasteiger partial charge in [-0.3, -0.25) is 43.2 Å². The number of rotatable bonds is 21. The van der Waals surface area contributed by atoms with Gasteiger partial charge in [0.1, 0.15) is 30.2 Å². The highest BCUT2D eigenvalue weighted by Crippen LogP contribution is 2.32. The molecule has 3 aliphatic rings. The fraction of sp³-hybridized carbons (Fsp3) is 0.518. The number of carbonyl (C=O) groups is 9. The summed E-state index contributed by atoms with van der Waals surface area (Å²) in [6, 6.07) is 14.6. The van der Waals surface area contributed by atoms with Gasteiger partial charge in [-0.25, -0.2) is 0 Å². The standard InChI is InChI=1S/C56H76N10O11.2ClH/c1-32(34-16-10-9-11-17-34)59-52(73)44-27-38(29-65(44)54(75)42(24-25-46(68)77-8)63-51(72)43(31-67)58-7)60-49(70)36-20-14-21-37(26-36)50(71)61-39-28-45(53(74)62-41-23-15-19-35-18-12-13-22-40(35)41)66(30-39)55(76)47(56(3,4)5)64-48(69)33(2)57-6;;/h9-14,16-18,20-22,26,32-33,38-39,41-45,47,57-58,67H,15,19,23-25,27-31H2,1-8H3,(H,59,73)(H,60,70)(H,61,71)(H,62,74)(H,63,72)(H,64,69);2*1H/t32-,33+,38+,39+,41-,42+,43+,44+,45?,47?;;/m1../s1. The van der Waals surface area contributed by atoms with Crippen LogP contribution in [0.15, 0.2) is 78.9 Å². The first-order valence-electron chi connectivity index (χ1n) is 26.4. The monoisotopic (exact) mass is 1140 g/mol. The molecule has 6 rings (SSSR count). The van der Waals surface area contributed by atoms with E-state index in [9.17, 15) is 48.3 Å². The van der Waals surface area contributed by atoms with Crippen molar-refractivity contribution in [1.29, 1.82) is 0 Å². The van der Waals surface area contributed by atoms with Crippen LogP contribution in [0.5, 0.6) is 0 Å². The van der Waals surface area contributed by atoms with E-state index < -0.39 is 114 Å². The Labute approximate surface area is 474 Å². The smallest absolute Gasteiger partial charge is 0.305 e. The van der Waals surface area contributed by atoms with E-state index in [1.54, 1.807) is 20.9 Å². The van der Waals surface area contributed by atoms with Crippen LogP contribution in [0.25, 0.3) is 0 Å². The molecule has 3 aromatic rings. The number of amides is 8. The van der Waals surface area contributed by atoms with E-state index in [2.05, 4.69) is 42.5 Å². The number of esters is 1. The van der Waals surface area contributed by atoms with Gasteiger partial charge in [0, 0.05) is 42.7 Å². The molecule has 0 spiro atoms. The Morgan fingerprint density at radius 3 is 1.84 bits per heavy atom. The number of methoxy groups -OCH3 is 1. The molecule has 2 unspecified atom stereocenters. The van der Waals surface area contributed by atoms with Gasteiger partial charge in [-0.15, -0.1) is 24.8 Å². The highest BCUT2D eigenvalue weighted by Gasteiger charge is 2.47. The Kier molecular flexibility index (Phi) is 24.3. The van der Waals surface area contributed by atoms with Crippen LogP contribution >= 0.6 is 24.8 Å². The molecule has 8 amide bonds. The minimum Gasteiger partial charge on any atom is -0.469 e. The third-order valence-electron chi connectivity index (χ3n) is 14.7. The Balaban J connectivity index is 0.00000672. The van der Waals surface area contributed by atoms with E-state index in [1.807, 2.05) is 75.4 Å². The number of aliphatic hydroxyl groups is 1. The number of likely N-dealkylation sites (N-methyl/N-ethyl adjacent to an activating group) is 2. The van der Waals surface area contributed by atoms with E-state index in [4.69, 9.17) is 4.74 Å². The number of aryl methyl sites for hydroxylation is 1. The molecule has 10 atom stereocenters. The van der Waals surface area contributed by atoms with Gasteiger partial charge in [0.05, 0.1) is 31.8 Å². The van der Waals surface area contributed by atoms with Crippen molar-refractivity contribution in [1.82, 2.24) is 52.3 Å². The number of carbonyl (C=O) groups excluding carboxylic acids is 9. The molecular formula is C56H78Cl2N10O11.